The Morgan fingerprint density at radius 1 is 0.966 bits per heavy atom. The van der Waals surface area contributed by atoms with Gasteiger partial charge in [-0.1, -0.05) is 48.5 Å². The van der Waals surface area contributed by atoms with Crippen molar-refractivity contribution in [2.45, 2.75) is 18.9 Å². The van der Waals surface area contributed by atoms with E-state index in [1.54, 1.807) is 12.1 Å². The van der Waals surface area contributed by atoms with E-state index in [9.17, 15) is 9.59 Å². The third kappa shape index (κ3) is 4.14. The number of hydrogen-bond acceptors (Lipinski definition) is 3. The molecule has 29 heavy (non-hydrogen) atoms. The van der Waals surface area contributed by atoms with Crippen LogP contribution in [0.2, 0.25) is 0 Å². The molecule has 0 saturated carbocycles. The lowest BCUT2D eigenvalue weighted by molar-refractivity contribution is -0.123. The third-order valence-corrected chi connectivity index (χ3v) is 5.06. The average Bonchev–Trinajstić information content (AvgIpc) is 3.19. The summed E-state index contributed by atoms with van der Waals surface area (Å²) in [6, 6.07) is 24.0. The monoisotopic (exact) mass is 386 g/mol. The van der Waals surface area contributed by atoms with Crippen LogP contribution in [-0.4, -0.2) is 18.4 Å². The summed E-state index contributed by atoms with van der Waals surface area (Å²) in [5.41, 5.74) is 3.11. The third-order valence-electron chi connectivity index (χ3n) is 5.06. The Kier molecular flexibility index (Phi) is 5.29. The summed E-state index contributed by atoms with van der Waals surface area (Å²) in [6.45, 7) is 2.28. The molecule has 3 aromatic carbocycles. The lowest BCUT2D eigenvalue weighted by Crippen LogP contribution is -2.32. The van der Waals surface area contributed by atoms with Crippen molar-refractivity contribution in [1.82, 2.24) is 5.32 Å². The summed E-state index contributed by atoms with van der Waals surface area (Å²) in [5.74, 6) is 0.223. The number of para-hydroxylation sites is 1. The SMILES string of the molecule is CC(NC(=O)C1COc2ccccc21)c1cccc(NC(=O)c2ccccc2)c1. The first-order valence-corrected chi connectivity index (χ1v) is 9.60. The van der Waals surface area contributed by atoms with Crippen molar-refractivity contribution in [3.63, 3.8) is 0 Å². The average molecular weight is 386 g/mol. The maximum Gasteiger partial charge on any atom is 0.255 e. The van der Waals surface area contributed by atoms with Crippen LogP contribution in [0.15, 0.2) is 78.9 Å². The van der Waals surface area contributed by atoms with Gasteiger partial charge in [-0.2, -0.15) is 0 Å². The highest BCUT2D eigenvalue weighted by atomic mass is 16.5. The lowest BCUT2D eigenvalue weighted by atomic mass is 9.99. The van der Waals surface area contributed by atoms with Crippen LogP contribution in [-0.2, 0) is 4.79 Å². The number of ether oxygens (including phenoxy) is 1. The predicted molar refractivity (Wildman–Crippen MR) is 112 cm³/mol. The minimum atomic E-state index is -0.311. The molecular weight excluding hydrogens is 364 g/mol. The Morgan fingerprint density at radius 2 is 1.72 bits per heavy atom. The number of benzene rings is 3. The van der Waals surface area contributed by atoms with Gasteiger partial charge in [0.15, 0.2) is 0 Å². The number of hydrogen-bond donors (Lipinski definition) is 2. The number of carbonyl (C=O) groups is 2. The van der Waals surface area contributed by atoms with Gasteiger partial charge in [-0.15, -0.1) is 0 Å². The first kappa shape index (κ1) is 18.7. The maximum atomic E-state index is 12.8. The molecule has 1 aliphatic heterocycles. The normalized spacial score (nSPS) is 15.7. The zero-order valence-corrected chi connectivity index (χ0v) is 16.1. The van der Waals surface area contributed by atoms with Crippen LogP contribution in [0.5, 0.6) is 5.75 Å². The molecule has 2 unspecified atom stereocenters. The van der Waals surface area contributed by atoms with E-state index in [4.69, 9.17) is 4.74 Å². The van der Waals surface area contributed by atoms with Crippen molar-refractivity contribution in [3.8, 4) is 5.75 Å². The molecule has 5 heteroatoms. The van der Waals surface area contributed by atoms with Crippen LogP contribution < -0.4 is 15.4 Å². The fourth-order valence-electron chi connectivity index (χ4n) is 3.46. The van der Waals surface area contributed by atoms with Crippen molar-refractivity contribution >= 4 is 17.5 Å². The zero-order valence-electron chi connectivity index (χ0n) is 16.1. The largest absolute Gasteiger partial charge is 0.492 e. The van der Waals surface area contributed by atoms with Gasteiger partial charge in [0.25, 0.3) is 5.91 Å². The minimum absolute atomic E-state index is 0.0684. The van der Waals surface area contributed by atoms with Gasteiger partial charge in [-0.3, -0.25) is 9.59 Å². The first-order chi connectivity index (χ1) is 14.1. The molecule has 5 nitrogen and oxygen atoms in total. The number of anilines is 1. The number of amides is 2. The molecule has 0 spiro atoms. The summed E-state index contributed by atoms with van der Waals surface area (Å²) >= 11 is 0. The fraction of sp³-hybridized carbons (Fsp3) is 0.167. The van der Waals surface area contributed by atoms with E-state index in [2.05, 4.69) is 10.6 Å². The van der Waals surface area contributed by atoms with Gasteiger partial charge >= 0.3 is 0 Å². The molecule has 0 aliphatic carbocycles. The molecule has 0 radical (unpaired) electrons. The topological polar surface area (TPSA) is 67.4 Å². The smallest absolute Gasteiger partial charge is 0.255 e. The van der Waals surface area contributed by atoms with E-state index in [0.29, 0.717) is 17.9 Å². The van der Waals surface area contributed by atoms with Crippen LogP contribution in [0.4, 0.5) is 5.69 Å². The van der Waals surface area contributed by atoms with E-state index in [1.807, 2.05) is 73.7 Å². The lowest BCUT2D eigenvalue weighted by Gasteiger charge is -2.18. The van der Waals surface area contributed by atoms with E-state index in [0.717, 1.165) is 16.9 Å². The van der Waals surface area contributed by atoms with Crippen molar-refractivity contribution < 1.29 is 14.3 Å². The highest BCUT2D eigenvalue weighted by Crippen LogP contribution is 2.34. The van der Waals surface area contributed by atoms with E-state index >= 15 is 0 Å². The van der Waals surface area contributed by atoms with Crippen LogP contribution >= 0.6 is 0 Å². The van der Waals surface area contributed by atoms with Gasteiger partial charge in [0, 0.05) is 16.8 Å². The molecule has 2 atom stereocenters. The van der Waals surface area contributed by atoms with E-state index in [1.165, 1.54) is 0 Å². The first-order valence-electron chi connectivity index (χ1n) is 9.60. The van der Waals surface area contributed by atoms with Crippen molar-refractivity contribution in [2.75, 3.05) is 11.9 Å². The van der Waals surface area contributed by atoms with Crippen molar-refractivity contribution in [3.05, 3.63) is 95.6 Å². The van der Waals surface area contributed by atoms with Crippen LogP contribution in [0, 0.1) is 0 Å². The van der Waals surface area contributed by atoms with Gasteiger partial charge in [0.2, 0.25) is 5.91 Å². The number of nitrogens with one attached hydrogen (secondary N) is 2. The Hall–Kier alpha value is -3.60. The molecule has 2 amide bonds. The van der Waals surface area contributed by atoms with Gasteiger partial charge in [-0.25, -0.2) is 0 Å². The molecular formula is C24H22N2O3. The van der Waals surface area contributed by atoms with Gasteiger partial charge in [0.1, 0.15) is 18.3 Å². The van der Waals surface area contributed by atoms with E-state index in [-0.39, 0.29) is 23.8 Å². The van der Waals surface area contributed by atoms with Crippen LogP contribution in [0.3, 0.4) is 0 Å². The highest BCUT2D eigenvalue weighted by Gasteiger charge is 2.30. The quantitative estimate of drug-likeness (QED) is 0.687. The summed E-state index contributed by atoms with van der Waals surface area (Å²) in [7, 11) is 0. The van der Waals surface area contributed by atoms with Crippen molar-refractivity contribution in [2.24, 2.45) is 0 Å². The van der Waals surface area contributed by atoms with Gasteiger partial charge < -0.3 is 15.4 Å². The summed E-state index contributed by atoms with van der Waals surface area (Å²) in [6.07, 6.45) is 0. The van der Waals surface area contributed by atoms with Crippen LogP contribution in [0.1, 0.15) is 40.4 Å². The molecule has 146 valence electrons. The summed E-state index contributed by atoms with van der Waals surface area (Å²) in [4.78, 5) is 25.1. The Bertz CT molecular complexity index is 1030. The maximum absolute atomic E-state index is 12.8. The molecule has 1 aliphatic rings. The van der Waals surface area contributed by atoms with Gasteiger partial charge in [-0.05, 0) is 42.8 Å². The molecule has 2 N–H and O–H groups in total. The second kappa shape index (κ2) is 8.19. The summed E-state index contributed by atoms with van der Waals surface area (Å²) in [5, 5.41) is 5.96. The molecule has 1 heterocycles. The molecule has 0 saturated heterocycles. The Morgan fingerprint density at radius 3 is 2.55 bits per heavy atom. The predicted octanol–water partition coefficient (Wildman–Crippen LogP) is 4.29. The molecule has 0 fully saturated rings. The second-order valence-electron chi connectivity index (χ2n) is 7.08. The molecule has 0 aromatic heterocycles. The minimum Gasteiger partial charge on any atom is -0.492 e. The van der Waals surface area contributed by atoms with Crippen LogP contribution in [0.25, 0.3) is 0 Å². The van der Waals surface area contributed by atoms with Crippen molar-refractivity contribution in [1.29, 1.82) is 0 Å². The Labute approximate surface area is 169 Å². The number of carbonyl (C=O) groups excluding carboxylic acids is 2. The zero-order chi connectivity index (χ0) is 20.2. The van der Waals surface area contributed by atoms with E-state index < -0.39 is 0 Å². The molecule has 3 aromatic rings. The number of fused-ring (bicyclic) bond motifs is 1. The fourth-order valence-corrected chi connectivity index (χ4v) is 3.46. The molecule has 0 bridgehead atoms. The Balaban J connectivity index is 1.43. The molecule has 4 rings (SSSR count). The number of rotatable bonds is 5. The summed E-state index contributed by atoms with van der Waals surface area (Å²) < 4.78 is 5.62. The van der Waals surface area contributed by atoms with Gasteiger partial charge in [0.05, 0.1) is 6.04 Å². The standard InChI is InChI=1S/C24H22N2O3/c1-16(25-24(28)21-15-29-22-13-6-5-12-20(21)22)18-10-7-11-19(14-18)26-23(27)17-8-3-2-4-9-17/h2-14,16,21H,15H2,1H3,(H,25,28)(H,26,27). The highest BCUT2D eigenvalue weighted by molar-refractivity contribution is 6.04. The second-order valence-corrected chi connectivity index (χ2v) is 7.08.